The largest absolute Gasteiger partial charge is 0.460 e. The zero-order valence-corrected chi connectivity index (χ0v) is 15.8. The molecule has 35 heavy (non-hydrogen) atoms. The Morgan fingerprint density at radius 1 is 0.657 bits per heavy atom. The Morgan fingerprint density at radius 3 is 1.29 bits per heavy atom. The van der Waals surface area contributed by atoms with Crippen LogP contribution in [0.4, 0.5) is 79.0 Å². The van der Waals surface area contributed by atoms with Gasteiger partial charge in [0.25, 0.3) is 0 Å². The third kappa shape index (κ3) is 5.09. The van der Waals surface area contributed by atoms with E-state index in [4.69, 9.17) is 5.11 Å². The molecule has 0 fully saturated rings. The minimum absolute atomic E-state index is 1.98. The molecule has 21 heteroatoms. The Morgan fingerprint density at radius 2 is 0.971 bits per heavy atom. The van der Waals surface area contributed by atoms with E-state index in [1.165, 1.54) is 0 Å². The van der Waals surface area contributed by atoms with Gasteiger partial charge in [-0.25, -0.2) is 4.79 Å². The van der Waals surface area contributed by atoms with E-state index in [9.17, 15) is 83.8 Å². The minimum Gasteiger partial charge on any atom is -0.458 e. The van der Waals surface area contributed by atoms with Crippen molar-refractivity contribution in [2.24, 2.45) is 0 Å². The molecule has 0 amide bonds. The number of carbonyl (C=O) groups is 1. The second-order valence-corrected chi connectivity index (χ2v) is 6.51. The molecule has 0 aromatic carbocycles. The highest BCUT2D eigenvalue weighted by Crippen LogP contribution is 2.64. The maximum Gasteiger partial charge on any atom is 0.460 e. The summed E-state index contributed by atoms with van der Waals surface area (Å²) in [5.74, 6) is -61.9. The van der Waals surface area contributed by atoms with E-state index < -0.39 is 78.6 Å². The van der Waals surface area contributed by atoms with E-state index >= 15 is 0 Å². The van der Waals surface area contributed by atoms with Crippen LogP contribution in [0.1, 0.15) is 6.42 Å². The lowest BCUT2D eigenvalue weighted by molar-refractivity contribution is -0.462. The van der Waals surface area contributed by atoms with Crippen LogP contribution in [-0.2, 0) is 9.53 Å². The third-order valence-electron chi connectivity index (χ3n) is 3.91. The van der Waals surface area contributed by atoms with Gasteiger partial charge in [-0.05, 0) is 0 Å². The Kier molecular flexibility index (Phi) is 8.55. The molecule has 0 aliphatic carbocycles. The summed E-state index contributed by atoms with van der Waals surface area (Å²) >= 11 is 0. The fraction of sp³-hybridized carbons (Fsp3) is 0.786. The average Bonchev–Trinajstić information content (AvgIpc) is 2.63. The number of aliphatic hydroxyl groups excluding tert-OH is 1. The first kappa shape index (κ1) is 32.9. The first-order valence-electron chi connectivity index (χ1n) is 7.88. The quantitative estimate of drug-likeness (QED) is 0.196. The summed E-state index contributed by atoms with van der Waals surface area (Å²) in [7, 11) is 0. The van der Waals surface area contributed by atoms with Crippen molar-refractivity contribution in [2.75, 3.05) is 6.61 Å². The van der Waals surface area contributed by atoms with Crippen LogP contribution < -0.4 is 0 Å². The number of hydrogen-bond acceptors (Lipinski definition) is 3. The topological polar surface area (TPSA) is 46.5 Å². The molecule has 0 spiro atoms. The highest BCUT2D eigenvalue weighted by molar-refractivity contribution is 5.85. The normalized spacial score (nSPS) is 16.2. The monoisotopic (exact) mass is 566 g/mol. The Labute approximate surface area is 180 Å². The number of hydrogen-bond donors (Lipinski definition) is 1. The lowest BCUT2D eigenvalue weighted by Gasteiger charge is -2.43. The number of rotatable bonds is 11. The van der Waals surface area contributed by atoms with Gasteiger partial charge in [0.05, 0.1) is 6.10 Å². The SMILES string of the molecule is C=C(F)C(=O)OCC(O)CC(F)(F)C(F)(F)C(F)(F)C(F)(F)C(F)(F)C(F)(F)C(F)(F)C(F)(F)F. The molecule has 0 rings (SSSR count). The summed E-state index contributed by atoms with van der Waals surface area (Å²) < 4.78 is 238. The molecular formula is C14H8F18O3. The van der Waals surface area contributed by atoms with Crippen LogP contribution >= 0.6 is 0 Å². The highest BCUT2D eigenvalue weighted by atomic mass is 19.4. The number of esters is 1. The predicted octanol–water partition coefficient (Wildman–Crippen LogP) is 5.77. The van der Waals surface area contributed by atoms with Crippen LogP contribution in [0.3, 0.4) is 0 Å². The molecule has 0 saturated carbocycles. The number of carbonyl (C=O) groups excluding carboxylic acids is 1. The van der Waals surface area contributed by atoms with Gasteiger partial charge in [-0.2, -0.15) is 79.0 Å². The second kappa shape index (κ2) is 9.09. The molecule has 1 N–H and O–H groups in total. The van der Waals surface area contributed by atoms with Crippen LogP contribution in [0.15, 0.2) is 12.4 Å². The number of ether oxygens (including phenoxy) is 1. The van der Waals surface area contributed by atoms with Crippen LogP contribution in [0.2, 0.25) is 0 Å². The first-order chi connectivity index (χ1) is 15.0. The molecule has 0 saturated heterocycles. The van der Waals surface area contributed by atoms with Crippen molar-refractivity contribution in [3.8, 4) is 0 Å². The van der Waals surface area contributed by atoms with Crippen molar-refractivity contribution in [3.05, 3.63) is 12.4 Å². The van der Waals surface area contributed by atoms with Gasteiger partial charge in [0.2, 0.25) is 5.83 Å². The molecule has 0 aromatic heterocycles. The standard InChI is InChI=1S/C14H8F18O3/c1-4(15)6(34)35-3-5(33)2-7(16,17)8(18,19)9(20,21)10(22,23)11(24,25)12(26,27)13(28,29)14(30,31)32/h5,33H,1-3H2. The zero-order valence-electron chi connectivity index (χ0n) is 15.8. The van der Waals surface area contributed by atoms with Crippen molar-refractivity contribution in [3.63, 3.8) is 0 Å². The predicted molar refractivity (Wildman–Crippen MR) is 72.5 cm³/mol. The summed E-state index contributed by atoms with van der Waals surface area (Å²) in [6, 6.07) is 0. The van der Waals surface area contributed by atoms with Gasteiger partial charge < -0.3 is 9.84 Å². The molecule has 0 aliphatic rings. The summed E-state index contributed by atoms with van der Waals surface area (Å²) in [6.45, 7) is 0.267. The van der Waals surface area contributed by atoms with Crippen LogP contribution in [0.5, 0.6) is 0 Å². The summed E-state index contributed by atoms with van der Waals surface area (Å²) in [4.78, 5) is 10.6. The number of aliphatic hydroxyl groups is 1. The Balaban J connectivity index is 6.35. The van der Waals surface area contributed by atoms with Gasteiger partial charge in [0, 0.05) is 6.42 Å². The van der Waals surface area contributed by atoms with E-state index in [1.54, 1.807) is 0 Å². The molecule has 0 bridgehead atoms. The van der Waals surface area contributed by atoms with Gasteiger partial charge in [-0.1, -0.05) is 6.58 Å². The second-order valence-electron chi connectivity index (χ2n) is 6.51. The molecule has 208 valence electrons. The summed E-state index contributed by atoms with van der Waals surface area (Å²) in [6.07, 6.45) is -14.4. The fourth-order valence-electron chi connectivity index (χ4n) is 1.93. The number of halogens is 18. The van der Waals surface area contributed by atoms with Gasteiger partial charge in [-0.15, -0.1) is 0 Å². The Hall–Kier alpha value is -2.09. The molecular weight excluding hydrogens is 558 g/mol. The average molecular weight is 566 g/mol. The fourth-order valence-corrected chi connectivity index (χ4v) is 1.93. The summed E-state index contributed by atoms with van der Waals surface area (Å²) in [5.41, 5.74) is 0. The van der Waals surface area contributed by atoms with Crippen molar-refractivity contribution in [2.45, 2.75) is 60.2 Å². The molecule has 3 nitrogen and oxygen atoms in total. The molecule has 1 unspecified atom stereocenters. The van der Waals surface area contributed by atoms with Crippen molar-refractivity contribution >= 4 is 5.97 Å². The molecule has 0 heterocycles. The maximum atomic E-state index is 13.6. The van der Waals surface area contributed by atoms with Crippen molar-refractivity contribution in [1.82, 2.24) is 0 Å². The van der Waals surface area contributed by atoms with Gasteiger partial charge in [-0.3, -0.25) is 0 Å². The molecule has 0 aliphatic heterocycles. The van der Waals surface area contributed by atoms with E-state index in [0.717, 1.165) is 0 Å². The lowest BCUT2D eigenvalue weighted by atomic mass is 9.88. The number of alkyl halides is 17. The first-order valence-corrected chi connectivity index (χ1v) is 7.88. The molecule has 0 aromatic rings. The van der Waals surface area contributed by atoms with Gasteiger partial charge in [0.15, 0.2) is 0 Å². The third-order valence-corrected chi connectivity index (χ3v) is 3.91. The zero-order chi connectivity index (χ0) is 28.9. The van der Waals surface area contributed by atoms with Crippen LogP contribution in [0.25, 0.3) is 0 Å². The molecule has 0 radical (unpaired) electrons. The highest BCUT2D eigenvalue weighted by Gasteiger charge is 2.95. The smallest absolute Gasteiger partial charge is 0.458 e. The van der Waals surface area contributed by atoms with E-state index in [2.05, 4.69) is 11.3 Å². The van der Waals surface area contributed by atoms with Crippen LogP contribution in [-0.4, -0.2) is 71.4 Å². The van der Waals surface area contributed by atoms with Gasteiger partial charge >= 0.3 is 53.6 Å². The summed E-state index contributed by atoms with van der Waals surface area (Å²) in [5, 5.41) is 8.97. The maximum absolute atomic E-state index is 13.6. The Bertz CT molecular complexity index is 799. The lowest BCUT2D eigenvalue weighted by Crippen LogP contribution is -2.74. The van der Waals surface area contributed by atoms with Crippen molar-refractivity contribution in [1.29, 1.82) is 0 Å². The van der Waals surface area contributed by atoms with Gasteiger partial charge in [0.1, 0.15) is 6.61 Å². The van der Waals surface area contributed by atoms with Crippen molar-refractivity contribution < 1.29 is 93.7 Å². The molecule has 1 atom stereocenters. The minimum atomic E-state index is -8.77. The van der Waals surface area contributed by atoms with E-state index in [-0.39, 0.29) is 0 Å². The van der Waals surface area contributed by atoms with E-state index in [1.807, 2.05) is 0 Å². The van der Waals surface area contributed by atoms with E-state index in [0.29, 0.717) is 0 Å². The van der Waals surface area contributed by atoms with Crippen LogP contribution in [0, 0.1) is 0 Å².